The number of benzene rings is 3. The smallest absolute Gasteiger partial charge is 0.307 e. The van der Waals surface area contributed by atoms with Crippen molar-refractivity contribution in [3.8, 4) is 0 Å². The fourth-order valence-corrected chi connectivity index (χ4v) is 4.67. The molecule has 1 amide bonds. The number of sulfonamides is 1. The Bertz CT molecular complexity index is 1200. The van der Waals surface area contributed by atoms with Crippen LogP contribution in [0.25, 0.3) is 0 Å². The monoisotopic (exact) mass is 530 g/mol. The van der Waals surface area contributed by atoms with Crippen molar-refractivity contribution in [3.05, 3.63) is 94.5 Å². The lowest BCUT2D eigenvalue weighted by Gasteiger charge is -2.19. The van der Waals surface area contributed by atoms with Gasteiger partial charge in [-0.25, -0.2) is 8.42 Å². The summed E-state index contributed by atoms with van der Waals surface area (Å²) < 4.78 is 29.1. The molecule has 0 spiro atoms. The van der Waals surface area contributed by atoms with E-state index in [0.717, 1.165) is 10.0 Å². The molecule has 0 aliphatic heterocycles. The first-order valence-electron chi connectivity index (χ1n) is 10.2. The van der Waals surface area contributed by atoms with Gasteiger partial charge < -0.3 is 10.4 Å². The summed E-state index contributed by atoms with van der Waals surface area (Å²) in [5.41, 5.74) is 2.02. The number of carbonyl (C=O) groups excluding carboxylic acids is 1. The minimum Gasteiger partial charge on any atom is -0.481 e. The number of hydrogen-bond acceptors (Lipinski definition) is 4. The molecular weight excluding hydrogens is 508 g/mol. The van der Waals surface area contributed by atoms with Gasteiger partial charge in [0.05, 0.1) is 11.3 Å². The van der Waals surface area contributed by atoms with Gasteiger partial charge in [0, 0.05) is 10.2 Å². The molecule has 0 aliphatic carbocycles. The molecule has 1 atom stereocenters. The number of carbonyl (C=O) groups is 2. The third-order valence-electron chi connectivity index (χ3n) is 4.88. The number of carboxylic acids is 1. The highest BCUT2D eigenvalue weighted by molar-refractivity contribution is 9.10. The summed E-state index contributed by atoms with van der Waals surface area (Å²) in [4.78, 5) is 23.9. The number of nitrogens with one attached hydrogen (secondary N) is 2. The SMILES string of the molecule is O=C(O)Cc1ccc(NC(=O)C(CCc2ccccc2)NS(=O)(=O)c2ccc(Br)cc2)cc1. The van der Waals surface area contributed by atoms with E-state index in [1.807, 2.05) is 30.3 Å². The normalized spacial score (nSPS) is 12.2. The summed E-state index contributed by atoms with van der Waals surface area (Å²) in [7, 11) is -3.94. The molecule has 33 heavy (non-hydrogen) atoms. The van der Waals surface area contributed by atoms with Gasteiger partial charge in [0.15, 0.2) is 0 Å². The Morgan fingerprint density at radius 2 is 1.52 bits per heavy atom. The topological polar surface area (TPSA) is 113 Å². The Hall–Kier alpha value is -3.01. The van der Waals surface area contributed by atoms with Crippen LogP contribution in [0.1, 0.15) is 17.5 Å². The predicted octanol–water partition coefficient (Wildman–Crippen LogP) is 3.99. The molecule has 7 nitrogen and oxygen atoms in total. The van der Waals surface area contributed by atoms with Gasteiger partial charge in [-0.05, 0) is 60.4 Å². The number of hydrogen-bond donors (Lipinski definition) is 3. The molecule has 0 aliphatic rings. The summed E-state index contributed by atoms with van der Waals surface area (Å²) in [6.45, 7) is 0. The third kappa shape index (κ3) is 7.52. The third-order valence-corrected chi connectivity index (χ3v) is 6.90. The van der Waals surface area contributed by atoms with Crippen LogP contribution in [-0.4, -0.2) is 31.4 Å². The second-order valence-corrected chi connectivity index (χ2v) is 10.0. The van der Waals surface area contributed by atoms with Crippen molar-refractivity contribution in [3.63, 3.8) is 0 Å². The van der Waals surface area contributed by atoms with E-state index < -0.39 is 27.9 Å². The Kier molecular flexibility index (Phi) is 8.37. The molecule has 172 valence electrons. The molecule has 3 aromatic carbocycles. The van der Waals surface area contributed by atoms with E-state index in [9.17, 15) is 18.0 Å². The zero-order valence-corrected chi connectivity index (χ0v) is 20.0. The second kappa shape index (κ2) is 11.2. The van der Waals surface area contributed by atoms with E-state index in [4.69, 9.17) is 5.11 Å². The van der Waals surface area contributed by atoms with Crippen molar-refractivity contribution in [1.29, 1.82) is 0 Å². The quantitative estimate of drug-likeness (QED) is 0.366. The van der Waals surface area contributed by atoms with Gasteiger partial charge in [-0.3, -0.25) is 9.59 Å². The number of carboxylic acid groups (broad SMARTS) is 1. The molecule has 1 unspecified atom stereocenters. The van der Waals surface area contributed by atoms with Crippen LogP contribution in [0.5, 0.6) is 0 Å². The lowest BCUT2D eigenvalue weighted by molar-refractivity contribution is -0.136. The Labute approximate surface area is 201 Å². The summed E-state index contributed by atoms with van der Waals surface area (Å²) in [6, 6.07) is 21.0. The first kappa shape index (κ1) is 24.6. The molecule has 0 saturated heterocycles. The van der Waals surface area contributed by atoms with Gasteiger partial charge in [0.2, 0.25) is 15.9 Å². The largest absolute Gasteiger partial charge is 0.481 e. The van der Waals surface area contributed by atoms with Crippen LogP contribution in [0, 0.1) is 0 Å². The maximum atomic E-state index is 13.0. The second-order valence-electron chi connectivity index (χ2n) is 7.41. The van der Waals surface area contributed by atoms with Crippen LogP contribution >= 0.6 is 15.9 Å². The highest BCUT2D eigenvalue weighted by Crippen LogP contribution is 2.17. The average Bonchev–Trinajstić information content (AvgIpc) is 2.78. The fourth-order valence-electron chi connectivity index (χ4n) is 3.18. The maximum absolute atomic E-state index is 13.0. The number of anilines is 1. The zero-order chi connectivity index (χ0) is 23.8. The van der Waals surface area contributed by atoms with Gasteiger partial charge in [-0.2, -0.15) is 4.72 Å². The van der Waals surface area contributed by atoms with Crippen LogP contribution in [0.15, 0.2) is 88.2 Å². The Morgan fingerprint density at radius 3 is 2.12 bits per heavy atom. The average molecular weight is 531 g/mol. The predicted molar refractivity (Wildman–Crippen MR) is 129 cm³/mol. The van der Waals surface area contributed by atoms with E-state index in [2.05, 4.69) is 26.0 Å². The molecule has 0 heterocycles. The van der Waals surface area contributed by atoms with Crippen molar-refractivity contribution in [2.45, 2.75) is 30.2 Å². The van der Waals surface area contributed by atoms with Gasteiger partial charge in [-0.15, -0.1) is 0 Å². The van der Waals surface area contributed by atoms with E-state index in [1.165, 1.54) is 12.1 Å². The van der Waals surface area contributed by atoms with Crippen LogP contribution in [0.2, 0.25) is 0 Å². The van der Waals surface area contributed by atoms with E-state index in [0.29, 0.717) is 17.7 Å². The van der Waals surface area contributed by atoms with Gasteiger partial charge in [0.25, 0.3) is 0 Å². The number of rotatable bonds is 10. The summed E-state index contributed by atoms with van der Waals surface area (Å²) in [6.07, 6.45) is 0.628. The molecule has 0 fully saturated rings. The fraction of sp³-hybridized carbons (Fsp3) is 0.167. The van der Waals surface area contributed by atoms with Crippen LogP contribution < -0.4 is 10.0 Å². The zero-order valence-electron chi connectivity index (χ0n) is 17.6. The lowest BCUT2D eigenvalue weighted by atomic mass is 10.1. The highest BCUT2D eigenvalue weighted by atomic mass is 79.9. The molecule has 3 aromatic rings. The van der Waals surface area contributed by atoms with Crippen molar-refractivity contribution in [2.24, 2.45) is 0 Å². The van der Waals surface area contributed by atoms with E-state index in [-0.39, 0.29) is 17.7 Å². The summed E-state index contributed by atoms with van der Waals surface area (Å²) in [5, 5.41) is 11.6. The molecular formula is C24H23BrN2O5S. The molecule has 0 aromatic heterocycles. The molecule has 9 heteroatoms. The summed E-state index contributed by atoms with van der Waals surface area (Å²) in [5.74, 6) is -1.45. The van der Waals surface area contributed by atoms with Gasteiger partial charge >= 0.3 is 5.97 Å². The Balaban J connectivity index is 1.77. The molecule has 0 radical (unpaired) electrons. The van der Waals surface area contributed by atoms with Crippen molar-refractivity contribution in [1.82, 2.24) is 4.72 Å². The molecule has 0 saturated carbocycles. The standard InChI is InChI=1S/C24H23BrN2O5S/c25-19-9-13-21(14-10-19)33(31,32)27-22(15-8-17-4-2-1-3-5-17)24(30)26-20-11-6-18(7-12-20)16-23(28)29/h1-7,9-14,22,27H,8,15-16H2,(H,26,30)(H,28,29). The molecule has 3 rings (SSSR count). The first-order valence-corrected chi connectivity index (χ1v) is 12.4. The summed E-state index contributed by atoms with van der Waals surface area (Å²) >= 11 is 3.28. The van der Waals surface area contributed by atoms with Crippen LogP contribution in [0.3, 0.4) is 0 Å². The van der Waals surface area contributed by atoms with E-state index in [1.54, 1.807) is 36.4 Å². The van der Waals surface area contributed by atoms with Crippen LogP contribution in [-0.2, 0) is 32.5 Å². The highest BCUT2D eigenvalue weighted by Gasteiger charge is 2.26. The van der Waals surface area contributed by atoms with Crippen molar-refractivity contribution >= 4 is 43.5 Å². The number of aliphatic carboxylic acids is 1. The van der Waals surface area contributed by atoms with Crippen LogP contribution in [0.4, 0.5) is 5.69 Å². The Morgan fingerprint density at radius 1 is 0.879 bits per heavy atom. The molecule has 3 N–H and O–H groups in total. The first-order chi connectivity index (χ1) is 15.7. The van der Waals surface area contributed by atoms with Crippen molar-refractivity contribution in [2.75, 3.05) is 5.32 Å². The number of amides is 1. The minimum atomic E-state index is -3.94. The number of aryl methyl sites for hydroxylation is 1. The lowest BCUT2D eigenvalue weighted by Crippen LogP contribution is -2.44. The van der Waals surface area contributed by atoms with E-state index >= 15 is 0 Å². The van der Waals surface area contributed by atoms with Gasteiger partial charge in [-0.1, -0.05) is 58.4 Å². The van der Waals surface area contributed by atoms with Crippen molar-refractivity contribution < 1.29 is 23.1 Å². The van der Waals surface area contributed by atoms with Gasteiger partial charge in [0.1, 0.15) is 6.04 Å². The molecule has 0 bridgehead atoms. The minimum absolute atomic E-state index is 0.0567. The number of halogens is 1. The maximum Gasteiger partial charge on any atom is 0.307 e.